The number of rotatable bonds is 4. The van der Waals surface area contributed by atoms with Gasteiger partial charge in [0.2, 0.25) is 0 Å². The number of carbonyl (C=O) groups excluding carboxylic acids is 1. The highest BCUT2D eigenvalue weighted by Gasteiger charge is 2.12. The molecule has 5 nitrogen and oxygen atoms in total. The molecule has 0 aliphatic carbocycles. The molecular formula is C18H19N3O2S. The fraction of sp³-hybridized carbons (Fsp3) is 0.222. The van der Waals surface area contributed by atoms with Gasteiger partial charge in [-0.15, -0.1) is 11.3 Å². The van der Waals surface area contributed by atoms with Crippen molar-refractivity contribution in [2.75, 3.05) is 19.5 Å². The van der Waals surface area contributed by atoms with Gasteiger partial charge in [-0.05, 0) is 42.3 Å². The molecule has 0 atom stereocenters. The summed E-state index contributed by atoms with van der Waals surface area (Å²) in [5.74, 6) is 0. The van der Waals surface area contributed by atoms with Gasteiger partial charge in [-0.1, -0.05) is 19.1 Å². The van der Waals surface area contributed by atoms with Crippen molar-refractivity contribution in [1.82, 2.24) is 10.0 Å². The summed E-state index contributed by atoms with van der Waals surface area (Å²) in [4.78, 5) is 21.6. The van der Waals surface area contributed by atoms with Crippen LogP contribution in [0.25, 0.3) is 20.8 Å². The minimum atomic E-state index is -0.306. The van der Waals surface area contributed by atoms with Crippen molar-refractivity contribution in [3.05, 3.63) is 48.0 Å². The Morgan fingerprint density at radius 2 is 2.08 bits per heavy atom. The fourth-order valence-electron chi connectivity index (χ4n) is 2.41. The van der Waals surface area contributed by atoms with Crippen LogP contribution in [0.1, 0.15) is 12.5 Å². The molecule has 24 heavy (non-hydrogen) atoms. The van der Waals surface area contributed by atoms with Crippen LogP contribution in [0.5, 0.6) is 0 Å². The zero-order valence-corrected chi connectivity index (χ0v) is 14.7. The highest BCUT2D eigenvalue weighted by Crippen LogP contribution is 2.32. The highest BCUT2D eigenvalue weighted by molar-refractivity contribution is 7.21. The number of thiazole rings is 1. The Balaban J connectivity index is 1.92. The predicted octanol–water partition coefficient (Wildman–Crippen LogP) is 4.55. The quantitative estimate of drug-likeness (QED) is 0.708. The number of amides is 2. The summed E-state index contributed by atoms with van der Waals surface area (Å²) < 4.78 is 1.17. The summed E-state index contributed by atoms with van der Waals surface area (Å²) in [6, 6.07) is 13.8. The van der Waals surface area contributed by atoms with Crippen LogP contribution in [0.4, 0.5) is 10.5 Å². The first-order valence-corrected chi connectivity index (χ1v) is 8.51. The van der Waals surface area contributed by atoms with Gasteiger partial charge in [-0.2, -0.15) is 0 Å². The van der Waals surface area contributed by atoms with Crippen LogP contribution in [0, 0.1) is 0 Å². The number of nitrogens with one attached hydrogen (secondary N) is 1. The molecule has 6 heteroatoms. The Hall–Kier alpha value is -2.44. The predicted molar refractivity (Wildman–Crippen MR) is 98.2 cm³/mol. The number of hydrogen-bond acceptors (Lipinski definition) is 4. The van der Waals surface area contributed by atoms with E-state index >= 15 is 0 Å². The minimum absolute atomic E-state index is 0.306. The molecule has 124 valence electrons. The minimum Gasteiger partial charge on any atom is -0.306 e. The summed E-state index contributed by atoms with van der Waals surface area (Å²) in [5.41, 5.74) is 3.92. The second-order valence-electron chi connectivity index (χ2n) is 5.32. The Morgan fingerprint density at radius 1 is 1.29 bits per heavy atom. The van der Waals surface area contributed by atoms with Crippen molar-refractivity contribution in [3.8, 4) is 10.6 Å². The molecule has 0 unspecified atom stereocenters. The lowest BCUT2D eigenvalue weighted by atomic mass is 10.1. The number of hydroxylamine groups is 2. The van der Waals surface area contributed by atoms with E-state index in [1.54, 1.807) is 18.4 Å². The van der Waals surface area contributed by atoms with E-state index in [1.165, 1.54) is 11.8 Å². The molecule has 3 aromatic rings. The normalized spacial score (nSPS) is 10.8. The van der Waals surface area contributed by atoms with Crippen molar-refractivity contribution >= 4 is 33.3 Å². The van der Waals surface area contributed by atoms with Crippen LogP contribution in [0.2, 0.25) is 0 Å². The van der Waals surface area contributed by atoms with E-state index in [1.807, 2.05) is 30.3 Å². The van der Waals surface area contributed by atoms with Crippen LogP contribution in [-0.4, -0.2) is 30.2 Å². The third-order valence-electron chi connectivity index (χ3n) is 3.83. The van der Waals surface area contributed by atoms with E-state index in [9.17, 15) is 4.79 Å². The van der Waals surface area contributed by atoms with Gasteiger partial charge < -0.3 is 5.32 Å². The number of urea groups is 1. The first kappa shape index (κ1) is 16.4. The number of para-hydroxylation sites is 1. The summed E-state index contributed by atoms with van der Waals surface area (Å²) in [7, 11) is 3.02. The number of hydrogen-bond donors (Lipinski definition) is 1. The number of aromatic nitrogens is 1. The number of anilines is 1. The van der Waals surface area contributed by atoms with Gasteiger partial charge in [-0.25, -0.2) is 14.8 Å². The van der Waals surface area contributed by atoms with E-state index in [2.05, 4.69) is 24.4 Å². The second kappa shape index (κ2) is 6.98. The molecule has 1 heterocycles. The molecule has 0 saturated heterocycles. The van der Waals surface area contributed by atoms with E-state index in [0.29, 0.717) is 0 Å². The molecule has 0 radical (unpaired) electrons. The van der Waals surface area contributed by atoms with Crippen molar-refractivity contribution in [3.63, 3.8) is 0 Å². The van der Waals surface area contributed by atoms with Gasteiger partial charge in [0.15, 0.2) is 0 Å². The molecule has 2 amide bonds. The topological polar surface area (TPSA) is 54.5 Å². The molecule has 0 fully saturated rings. The van der Waals surface area contributed by atoms with Gasteiger partial charge in [0.25, 0.3) is 0 Å². The standard InChI is InChI=1S/C18H19N3O2S/c1-4-12-11-13(9-10-14(12)20-18(22)21(2)23-3)17-19-15-7-5-6-8-16(15)24-17/h5-11H,4H2,1-3H3,(H,20,22). The van der Waals surface area contributed by atoms with Crippen molar-refractivity contribution in [1.29, 1.82) is 0 Å². The van der Waals surface area contributed by atoms with Crippen LogP contribution in [0.3, 0.4) is 0 Å². The molecule has 0 spiro atoms. The van der Waals surface area contributed by atoms with Crippen LogP contribution < -0.4 is 5.32 Å². The van der Waals surface area contributed by atoms with Crippen molar-refractivity contribution < 1.29 is 9.63 Å². The SMILES string of the molecule is CCc1cc(-c2nc3ccccc3s2)ccc1NC(=O)N(C)OC. The van der Waals surface area contributed by atoms with Gasteiger partial charge in [0.05, 0.1) is 17.3 Å². The van der Waals surface area contributed by atoms with Gasteiger partial charge in [0.1, 0.15) is 5.01 Å². The molecule has 0 saturated carbocycles. The Bertz CT molecular complexity index is 843. The fourth-order valence-corrected chi connectivity index (χ4v) is 3.38. The smallest absolute Gasteiger partial charge is 0.306 e. The van der Waals surface area contributed by atoms with E-state index in [-0.39, 0.29) is 6.03 Å². The van der Waals surface area contributed by atoms with Gasteiger partial charge in [-0.3, -0.25) is 4.84 Å². The molecule has 3 rings (SSSR count). The van der Waals surface area contributed by atoms with Crippen molar-refractivity contribution in [2.45, 2.75) is 13.3 Å². The zero-order chi connectivity index (χ0) is 17.1. The summed E-state index contributed by atoms with van der Waals surface area (Å²) in [6.07, 6.45) is 0.811. The van der Waals surface area contributed by atoms with E-state index in [0.717, 1.165) is 38.8 Å². The second-order valence-corrected chi connectivity index (χ2v) is 6.35. The summed E-state index contributed by atoms with van der Waals surface area (Å²) in [6.45, 7) is 2.06. The van der Waals surface area contributed by atoms with Crippen molar-refractivity contribution in [2.24, 2.45) is 0 Å². The van der Waals surface area contributed by atoms with Gasteiger partial charge in [0, 0.05) is 18.3 Å². The molecule has 1 N–H and O–H groups in total. The summed E-state index contributed by atoms with van der Waals surface area (Å²) in [5, 5.41) is 5.00. The lowest BCUT2D eigenvalue weighted by Gasteiger charge is -2.16. The van der Waals surface area contributed by atoms with Crippen LogP contribution >= 0.6 is 11.3 Å². The van der Waals surface area contributed by atoms with E-state index < -0.39 is 0 Å². The number of fused-ring (bicyclic) bond motifs is 1. The highest BCUT2D eigenvalue weighted by atomic mass is 32.1. The molecule has 1 aromatic heterocycles. The monoisotopic (exact) mass is 341 g/mol. The van der Waals surface area contributed by atoms with Gasteiger partial charge >= 0.3 is 6.03 Å². The Labute approximate surface area is 144 Å². The lowest BCUT2D eigenvalue weighted by Crippen LogP contribution is -2.30. The number of nitrogens with zero attached hydrogens (tertiary/aromatic N) is 2. The average molecular weight is 341 g/mol. The third-order valence-corrected chi connectivity index (χ3v) is 4.91. The Kier molecular flexibility index (Phi) is 4.78. The largest absolute Gasteiger partial charge is 0.345 e. The molecule has 2 aromatic carbocycles. The van der Waals surface area contributed by atoms with Crippen LogP contribution in [0.15, 0.2) is 42.5 Å². The average Bonchev–Trinajstić information content (AvgIpc) is 3.05. The molecule has 0 aliphatic heterocycles. The molecular weight excluding hydrogens is 322 g/mol. The number of benzene rings is 2. The Morgan fingerprint density at radius 3 is 2.79 bits per heavy atom. The summed E-state index contributed by atoms with van der Waals surface area (Å²) >= 11 is 1.67. The first-order valence-electron chi connectivity index (χ1n) is 7.70. The molecule has 0 bridgehead atoms. The lowest BCUT2D eigenvalue weighted by molar-refractivity contribution is -0.0598. The zero-order valence-electron chi connectivity index (χ0n) is 13.9. The number of aryl methyl sites for hydroxylation is 1. The third kappa shape index (κ3) is 3.25. The van der Waals surface area contributed by atoms with Crippen LogP contribution in [-0.2, 0) is 11.3 Å². The van der Waals surface area contributed by atoms with E-state index in [4.69, 9.17) is 9.82 Å². The maximum atomic E-state index is 12.0. The number of carbonyl (C=O) groups is 1. The maximum Gasteiger partial charge on any atom is 0.345 e. The molecule has 0 aliphatic rings. The maximum absolute atomic E-state index is 12.0. The first-order chi connectivity index (χ1) is 11.6.